The molecule has 1 aliphatic rings. The van der Waals surface area contributed by atoms with E-state index in [4.69, 9.17) is 0 Å². The van der Waals surface area contributed by atoms with Gasteiger partial charge in [-0.1, -0.05) is 13.8 Å². The molecule has 1 atom stereocenters. The first kappa shape index (κ1) is 11.6. The molecule has 0 saturated carbocycles. The largest absolute Gasteiger partial charge is 0.334 e. The number of hydrogen-bond donors (Lipinski definition) is 1. The molecule has 0 bridgehead atoms. The van der Waals surface area contributed by atoms with Crippen LogP contribution in [0.15, 0.2) is 12.5 Å². The smallest absolute Gasteiger partial charge is 0.0948 e. The second-order valence-corrected chi connectivity index (χ2v) is 5.35. The van der Waals surface area contributed by atoms with E-state index < -0.39 is 0 Å². The molecule has 2 rings (SSSR count). The lowest BCUT2D eigenvalue weighted by atomic mass is 9.95. The monoisotopic (exact) mass is 221 g/mol. The highest BCUT2D eigenvalue weighted by Gasteiger charge is 2.15. The van der Waals surface area contributed by atoms with Crippen LogP contribution in [0, 0.1) is 11.8 Å². The lowest BCUT2D eigenvalue weighted by molar-refractivity contribution is 0.366. The van der Waals surface area contributed by atoms with Crippen LogP contribution in [0.2, 0.25) is 0 Å². The third-order valence-corrected chi connectivity index (χ3v) is 3.26. The van der Waals surface area contributed by atoms with Crippen LogP contribution < -0.4 is 5.32 Å². The van der Waals surface area contributed by atoms with E-state index in [0.717, 1.165) is 12.5 Å². The topological polar surface area (TPSA) is 29.9 Å². The quantitative estimate of drug-likeness (QED) is 0.843. The van der Waals surface area contributed by atoms with Gasteiger partial charge >= 0.3 is 0 Å². The maximum absolute atomic E-state index is 4.28. The van der Waals surface area contributed by atoms with Gasteiger partial charge in [0.1, 0.15) is 0 Å². The van der Waals surface area contributed by atoms with Crippen LogP contribution in [-0.4, -0.2) is 22.6 Å². The number of aromatic nitrogens is 2. The molecule has 1 unspecified atom stereocenters. The predicted molar refractivity (Wildman–Crippen MR) is 66.4 cm³/mol. The summed E-state index contributed by atoms with van der Waals surface area (Å²) in [5, 5.41) is 3.48. The molecule has 0 aliphatic carbocycles. The summed E-state index contributed by atoms with van der Waals surface area (Å²) >= 11 is 0. The van der Waals surface area contributed by atoms with Gasteiger partial charge in [-0.3, -0.25) is 0 Å². The Hall–Kier alpha value is -0.830. The maximum Gasteiger partial charge on any atom is 0.0948 e. The Labute approximate surface area is 98.3 Å². The molecule has 1 saturated heterocycles. The van der Waals surface area contributed by atoms with Crippen molar-refractivity contribution in [2.45, 2.75) is 39.7 Å². The lowest BCUT2D eigenvalue weighted by Crippen LogP contribution is -2.31. The molecule has 1 N–H and O–H groups in total. The summed E-state index contributed by atoms with van der Waals surface area (Å²) in [6.07, 6.45) is 7.88. The highest BCUT2D eigenvalue weighted by atomic mass is 15.0. The molecule has 3 heteroatoms. The summed E-state index contributed by atoms with van der Waals surface area (Å²) in [6, 6.07) is 0. The standard InChI is InChI=1S/C13H23N3/c1-11(2)9-16-10-15-8-13(16)6-12-4-3-5-14-7-12/h8,10-12,14H,3-7,9H2,1-2H3. The number of imidazole rings is 1. The molecule has 0 spiro atoms. The van der Waals surface area contributed by atoms with Gasteiger partial charge in [-0.2, -0.15) is 0 Å². The van der Waals surface area contributed by atoms with Crippen LogP contribution in [0.3, 0.4) is 0 Å². The fourth-order valence-electron chi connectivity index (χ4n) is 2.47. The minimum absolute atomic E-state index is 0.692. The molecular weight excluding hydrogens is 198 g/mol. The predicted octanol–water partition coefficient (Wildman–Crippen LogP) is 2.08. The fraction of sp³-hybridized carbons (Fsp3) is 0.769. The van der Waals surface area contributed by atoms with Crippen LogP contribution in [0.1, 0.15) is 32.4 Å². The van der Waals surface area contributed by atoms with Crippen molar-refractivity contribution in [2.75, 3.05) is 13.1 Å². The van der Waals surface area contributed by atoms with Gasteiger partial charge in [0.05, 0.1) is 6.33 Å². The maximum atomic E-state index is 4.28. The average Bonchev–Trinajstić information content (AvgIpc) is 2.66. The number of nitrogens with zero attached hydrogens (tertiary/aromatic N) is 2. The van der Waals surface area contributed by atoms with Crippen LogP contribution in [0.25, 0.3) is 0 Å². The third-order valence-electron chi connectivity index (χ3n) is 3.26. The SMILES string of the molecule is CC(C)Cn1cncc1CC1CCCNC1. The van der Waals surface area contributed by atoms with E-state index in [1.54, 1.807) is 0 Å². The molecule has 1 aromatic rings. The Morgan fingerprint density at radius 3 is 3.12 bits per heavy atom. The van der Waals surface area contributed by atoms with Gasteiger partial charge in [0.2, 0.25) is 0 Å². The molecule has 0 radical (unpaired) electrons. The van der Waals surface area contributed by atoms with Gasteiger partial charge in [-0.25, -0.2) is 4.98 Å². The van der Waals surface area contributed by atoms with Crippen molar-refractivity contribution in [1.82, 2.24) is 14.9 Å². The zero-order valence-corrected chi connectivity index (χ0v) is 10.4. The number of nitrogens with one attached hydrogen (secondary N) is 1. The van der Waals surface area contributed by atoms with Crippen molar-refractivity contribution in [1.29, 1.82) is 0 Å². The van der Waals surface area contributed by atoms with Crippen LogP contribution >= 0.6 is 0 Å². The van der Waals surface area contributed by atoms with Crippen molar-refractivity contribution >= 4 is 0 Å². The van der Waals surface area contributed by atoms with Crippen molar-refractivity contribution in [3.05, 3.63) is 18.2 Å². The van der Waals surface area contributed by atoms with E-state index in [9.17, 15) is 0 Å². The Bertz CT molecular complexity index is 311. The van der Waals surface area contributed by atoms with Crippen molar-refractivity contribution in [3.63, 3.8) is 0 Å². The Balaban J connectivity index is 1.94. The molecule has 0 aromatic carbocycles. The van der Waals surface area contributed by atoms with Crippen LogP contribution in [0.4, 0.5) is 0 Å². The molecule has 1 aliphatic heterocycles. The minimum atomic E-state index is 0.692. The zero-order chi connectivity index (χ0) is 11.4. The van der Waals surface area contributed by atoms with Gasteiger partial charge in [0, 0.05) is 18.4 Å². The summed E-state index contributed by atoms with van der Waals surface area (Å²) < 4.78 is 2.32. The fourth-order valence-corrected chi connectivity index (χ4v) is 2.47. The second-order valence-electron chi connectivity index (χ2n) is 5.35. The minimum Gasteiger partial charge on any atom is -0.334 e. The van der Waals surface area contributed by atoms with Gasteiger partial charge in [0.15, 0.2) is 0 Å². The number of piperidine rings is 1. The normalized spacial score (nSPS) is 21.6. The van der Waals surface area contributed by atoms with Crippen LogP contribution in [-0.2, 0) is 13.0 Å². The second kappa shape index (κ2) is 5.48. The van der Waals surface area contributed by atoms with Gasteiger partial charge in [0.25, 0.3) is 0 Å². The number of rotatable bonds is 4. The lowest BCUT2D eigenvalue weighted by Gasteiger charge is -2.23. The molecule has 90 valence electrons. The first-order valence-corrected chi connectivity index (χ1v) is 6.45. The highest BCUT2D eigenvalue weighted by Crippen LogP contribution is 2.16. The molecule has 2 heterocycles. The Morgan fingerprint density at radius 2 is 2.44 bits per heavy atom. The Morgan fingerprint density at radius 1 is 1.56 bits per heavy atom. The highest BCUT2D eigenvalue weighted by molar-refractivity contribution is 5.00. The molecule has 3 nitrogen and oxygen atoms in total. The molecule has 1 aromatic heterocycles. The molecular formula is C13H23N3. The summed E-state index contributed by atoms with van der Waals surface area (Å²) in [4.78, 5) is 4.28. The average molecular weight is 221 g/mol. The van der Waals surface area contributed by atoms with E-state index in [2.05, 4.69) is 28.7 Å². The van der Waals surface area contributed by atoms with Crippen molar-refractivity contribution in [3.8, 4) is 0 Å². The summed E-state index contributed by atoms with van der Waals surface area (Å²) in [7, 11) is 0. The summed E-state index contributed by atoms with van der Waals surface area (Å²) in [6.45, 7) is 7.97. The van der Waals surface area contributed by atoms with Crippen LogP contribution in [0.5, 0.6) is 0 Å². The van der Waals surface area contributed by atoms with E-state index >= 15 is 0 Å². The van der Waals surface area contributed by atoms with Crippen molar-refractivity contribution in [2.24, 2.45) is 11.8 Å². The first-order chi connectivity index (χ1) is 7.75. The van der Waals surface area contributed by atoms with Gasteiger partial charge in [-0.05, 0) is 44.2 Å². The van der Waals surface area contributed by atoms with E-state index in [0.29, 0.717) is 5.92 Å². The molecule has 1 fully saturated rings. The van der Waals surface area contributed by atoms with Crippen molar-refractivity contribution < 1.29 is 0 Å². The summed E-state index contributed by atoms with van der Waals surface area (Å²) in [5.41, 5.74) is 1.41. The van der Waals surface area contributed by atoms with E-state index in [1.807, 2.05) is 12.5 Å². The van der Waals surface area contributed by atoms with E-state index in [1.165, 1.54) is 38.0 Å². The van der Waals surface area contributed by atoms with E-state index in [-0.39, 0.29) is 0 Å². The Kier molecular flexibility index (Phi) is 3.99. The number of hydrogen-bond acceptors (Lipinski definition) is 2. The first-order valence-electron chi connectivity index (χ1n) is 6.45. The molecule has 16 heavy (non-hydrogen) atoms. The zero-order valence-electron chi connectivity index (χ0n) is 10.4. The molecule has 0 amide bonds. The van der Waals surface area contributed by atoms with Gasteiger partial charge in [-0.15, -0.1) is 0 Å². The van der Waals surface area contributed by atoms with Gasteiger partial charge < -0.3 is 9.88 Å². The summed E-state index contributed by atoms with van der Waals surface area (Å²) in [5.74, 6) is 1.49. The third kappa shape index (κ3) is 3.08.